The normalized spacial score (nSPS) is 17.5. The first kappa shape index (κ1) is 19.7. The summed E-state index contributed by atoms with van der Waals surface area (Å²) >= 11 is 0. The lowest BCUT2D eigenvalue weighted by molar-refractivity contribution is 0.458. The van der Waals surface area contributed by atoms with Gasteiger partial charge in [0.2, 0.25) is 0 Å². The molecule has 1 aliphatic heterocycles. The summed E-state index contributed by atoms with van der Waals surface area (Å²) in [6.45, 7) is 4.70. The maximum atomic E-state index is 4.44. The number of likely N-dealkylation sites (tertiary alicyclic amines) is 1. The Bertz CT molecular complexity index is 697. The molecule has 1 aliphatic rings. The SMILES string of the molecule is CN=C(NCc1nnc(C)n1C)N1CCC(Cc2ccccc2)C1.I. The highest BCUT2D eigenvalue weighted by atomic mass is 127. The van der Waals surface area contributed by atoms with Crippen molar-refractivity contribution in [2.24, 2.45) is 18.0 Å². The number of rotatable bonds is 4. The zero-order chi connectivity index (χ0) is 16.9. The predicted molar refractivity (Wildman–Crippen MR) is 111 cm³/mol. The largest absolute Gasteiger partial charge is 0.349 e. The molecule has 1 N–H and O–H groups in total. The molecule has 1 unspecified atom stereocenters. The number of hydrogen-bond donors (Lipinski definition) is 1. The summed E-state index contributed by atoms with van der Waals surface area (Å²) in [7, 11) is 3.83. The van der Waals surface area contributed by atoms with Gasteiger partial charge in [-0.2, -0.15) is 0 Å². The third-order valence-electron chi connectivity index (χ3n) is 4.75. The van der Waals surface area contributed by atoms with Gasteiger partial charge in [0.15, 0.2) is 11.8 Å². The van der Waals surface area contributed by atoms with E-state index in [1.807, 2.05) is 25.6 Å². The van der Waals surface area contributed by atoms with Crippen LogP contribution in [0.25, 0.3) is 0 Å². The number of benzene rings is 1. The molecule has 25 heavy (non-hydrogen) atoms. The van der Waals surface area contributed by atoms with Gasteiger partial charge in [-0.25, -0.2) is 0 Å². The molecule has 6 nitrogen and oxygen atoms in total. The second kappa shape index (κ2) is 9.17. The van der Waals surface area contributed by atoms with Crippen LogP contribution in [0.15, 0.2) is 35.3 Å². The smallest absolute Gasteiger partial charge is 0.194 e. The molecule has 0 saturated carbocycles. The second-order valence-corrected chi connectivity index (χ2v) is 6.41. The minimum Gasteiger partial charge on any atom is -0.349 e. The van der Waals surface area contributed by atoms with Gasteiger partial charge >= 0.3 is 0 Å². The molecular weight excluding hydrogens is 427 g/mol. The zero-order valence-corrected chi connectivity index (χ0v) is 17.5. The molecule has 0 amide bonds. The summed E-state index contributed by atoms with van der Waals surface area (Å²) in [5.74, 6) is 3.48. The Hall–Kier alpha value is -1.64. The Kier molecular flexibility index (Phi) is 7.22. The van der Waals surface area contributed by atoms with Crippen molar-refractivity contribution in [3.63, 3.8) is 0 Å². The first-order valence-corrected chi connectivity index (χ1v) is 8.51. The molecule has 1 aromatic carbocycles. The first-order chi connectivity index (χ1) is 11.7. The molecule has 2 aromatic rings. The van der Waals surface area contributed by atoms with Crippen LogP contribution in [-0.2, 0) is 20.0 Å². The van der Waals surface area contributed by atoms with Crippen LogP contribution in [-0.4, -0.2) is 45.8 Å². The van der Waals surface area contributed by atoms with E-state index in [9.17, 15) is 0 Å². The van der Waals surface area contributed by atoms with E-state index in [1.165, 1.54) is 12.0 Å². The fourth-order valence-electron chi connectivity index (χ4n) is 3.23. The molecule has 0 bridgehead atoms. The number of aromatic nitrogens is 3. The summed E-state index contributed by atoms with van der Waals surface area (Å²) in [5, 5.41) is 11.7. The Balaban J connectivity index is 0.00000225. The van der Waals surface area contributed by atoms with Crippen LogP contribution in [0.3, 0.4) is 0 Å². The lowest BCUT2D eigenvalue weighted by Crippen LogP contribution is -2.40. The van der Waals surface area contributed by atoms with E-state index in [1.54, 1.807) is 0 Å². The van der Waals surface area contributed by atoms with Crippen molar-refractivity contribution in [2.45, 2.75) is 26.3 Å². The predicted octanol–water partition coefficient (Wildman–Crippen LogP) is 2.38. The molecule has 0 spiro atoms. The third-order valence-corrected chi connectivity index (χ3v) is 4.75. The van der Waals surface area contributed by atoms with E-state index >= 15 is 0 Å². The van der Waals surface area contributed by atoms with Gasteiger partial charge in [0.25, 0.3) is 0 Å². The number of guanidine groups is 1. The highest BCUT2D eigenvalue weighted by Gasteiger charge is 2.25. The molecule has 1 atom stereocenters. The van der Waals surface area contributed by atoms with Crippen molar-refractivity contribution in [2.75, 3.05) is 20.1 Å². The van der Waals surface area contributed by atoms with Crippen molar-refractivity contribution in [1.29, 1.82) is 0 Å². The number of aliphatic imine (C=N–C) groups is 1. The topological polar surface area (TPSA) is 58.3 Å². The highest BCUT2D eigenvalue weighted by Crippen LogP contribution is 2.20. The van der Waals surface area contributed by atoms with Gasteiger partial charge in [0.05, 0.1) is 6.54 Å². The van der Waals surface area contributed by atoms with Crippen molar-refractivity contribution < 1.29 is 0 Å². The average Bonchev–Trinajstić information content (AvgIpc) is 3.18. The fourth-order valence-corrected chi connectivity index (χ4v) is 3.23. The quantitative estimate of drug-likeness (QED) is 0.438. The summed E-state index contributed by atoms with van der Waals surface area (Å²) in [6.07, 6.45) is 2.34. The van der Waals surface area contributed by atoms with Crippen LogP contribution >= 0.6 is 24.0 Å². The van der Waals surface area contributed by atoms with E-state index in [2.05, 4.69) is 55.7 Å². The van der Waals surface area contributed by atoms with Gasteiger partial charge in [0.1, 0.15) is 5.82 Å². The summed E-state index contributed by atoms with van der Waals surface area (Å²) in [5.41, 5.74) is 1.42. The molecule has 0 radical (unpaired) electrons. The molecular formula is C18H27IN6. The van der Waals surface area contributed by atoms with E-state index < -0.39 is 0 Å². The van der Waals surface area contributed by atoms with E-state index in [4.69, 9.17) is 0 Å². The minimum atomic E-state index is 0. The Morgan fingerprint density at radius 1 is 1.28 bits per heavy atom. The van der Waals surface area contributed by atoms with Crippen molar-refractivity contribution in [3.05, 3.63) is 47.5 Å². The van der Waals surface area contributed by atoms with Gasteiger partial charge in [-0.15, -0.1) is 34.2 Å². The monoisotopic (exact) mass is 454 g/mol. The number of halogens is 1. The van der Waals surface area contributed by atoms with Gasteiger partial charge in [-0.1, -0.05) is 30.3 Å². The summed E-state index contributed by atoms with van der Waals surface area (Å²) < 4.78 is 2.00. The first-order valence-electron chi connectivity index (χ1n) is 8.51. The molecule has 1 fully saturated rings. The number of nitrogens with one attached hydrogen (secondary N) is 1. The Morgan fingerprint density at radius 3 is 2.68 bits per heavy atom. The van der Waals surface area contributed by atoms with E-state index in [0.29, 0.717) is 12.5 Å². The molecule has 1 aromatic heterocycles. The Morgan fingerprint density at radius 2 is 2.04 bits per heavy atom. The summed E-state index contributed by atoms with van der Waals surface area (Å²) in [4.78, 5) is 6.78. The molecule has 136 valence electrons. The third kappa shape index (κ3) is 4.93. The maximum Gasteiger partial charge on any atom is 0.194 e. The Labute approximate surface area is 166 Å². The number of hydrogen-bond acceptors (Lipinski definition) is 3. The summed E-state index contributed by atoms with van der Waals surface area (Å²) in [6, 6.07) is 10.7. The van der Waals surface area contributed by atoms with Crippen LogP contribution in [0.1, 0.15) is 23.6 Å². The van der Waals surface area contributed by atoms with Crippen LogP contribution in [0.4, 0.5) is 0 Å². The van der Waals surface area contributed by atoms with E-state index in [-0.39, 0.29) is 24.0 Å². The van der Waals surface area contributed by atoms with Crippen molar-refractivity contribution in [3.8, 4) is 0 Å². The molecule has 3 rings (SSSR count). The van der Waals surface area contributed by atoms with Gasteiger partial charge in [0, 0.05) is 27.2 Å². The van der Waals surface area contributed by atoms with Gasteiger partial charge in [-0.05, 0) is 31.2 Å². The van der Waals surface area contributed by atoms with Crippen LogP contribution in [0.2, 0.25) is 0 Å². The van der Waals surface area contributed by atoms with Crippen LogP contribution in [0.5, 0.6) is 0 Å². The maximum absolute atomic E-state index is 4.44. The zero-order valence-electron chi connectivity index (χ0n) is 15.1. The van der Waals surface area contributed by atoms with Crippen LogP contribution in [0, 0.1) is 12.8 Å². The molecule has 1 saturated heterocycles. The second-order valence-electron chi connectivity index (χ2n) is 6.41. The van der Waals surface area contributed by atoms with Crippen molar-refractivity contribution in [1.82, 2.24) is 25.0 Å². The molecule has 2 heterocycles. The van der Waals surface area contributed by atoms with Gasteiger partial charge in [-0.3, -0.25) is 4.99 Å². The van der Waals surface area contributed by atoms with Gasteiger partial charge < -0.3 is 14.8 Å². The number of nitrogens with zero attached hydrogens (tertiary/aromatic N) is 5. The lowest BCUT2D eigenvalue weighted by atomic mass is 9.99. The average molecular weight is 454 g/mol. The highest BCUT2D eigenvalue weighted by molar-refractivity contribution is 14.0. The molecule has 0 aliphatic carbocycles. The number of aryl methyl sites for hydroxylation is 1. The molecule has 7 heteroatoms. The van der Waals surface area contributed by atoms with Crippen LogP contribution < -0.4 is 5.32 Å². The van der Waals surface area contributed by atoms with E-state index in [0.717, 1.165) is 37.1 Å². The minimum absolute atomic E-state index is 0. The standard InChI is InChI=1S/C18H26N6.HI/c1-14-21-22-17(23(14)3)12-20-18(19-2)24-10-9-16(13-24)11-15-7-5-4-6-8-15;/h4-8,16H,9-13H2,1-3H3,(H,19,20);1H. The fraction of sp³-hybridized carbons (Fsp3) is 0.500. The van der Waals surface area contributed by atoms with Crippen molar-refractivity contribution >= 4 is 29.9 Å². The lowest BCUT2D eigenvalue weighted by Gasteiger charge is -2.21.